The maximum atomic E-state index is 13.4. The van der Waals surface area contributed by atoms with Crippen LogP contribution in [0.15, 0.2) is 0 Å². The van der Waals surface area contributed by atoms with Crippen LogP contribution in [0.4, 0.5) is 0 Å². The molecular formula is C30H52N6O7. The average Bonchev–Trinajstić information content (AvgIpc) is 3.40. The van der Waals surface area contributed by atoms with Crippen molar-refractivity contribution in [3.05, 3.63) is 0 Å². The summed E-state index contributed by atoms with van der Waals surface area (Å²) < 4.78 is 0. The number of primary amides is 1. The third kappa shape index (κ3) is 13.1. The van der Waals surface area contributed by atoms with E-state index in [2.05, 4.69) is 16.0 Å². The molecule has 0 aromatic heterocycles. The summed E-state index contributed by atoms with van der Waals surface area (Å²) in [4.78, 5) is 91.1. The van der Waals surface area contributed by atoms with E-state index >= 15 is 0 Å². The molecule has 43 heavy (non-hydrogen) atoms. The van der Waals surface area contributed by atoms with E-state index in [1.807, 2.05) is 27.7 Å². The van der Waals surface area contributed by atoms with Crippen LogP contribution in [0.2, 0.25) is 0 Å². The summed E-state index contributed by atoms with van der Waals surface area (Å²) in [6.45, 7) is 12.2. The molecular weight excluding hydrogens is 556 g/mol. The Hall–Kier alpha value is -3.51. The van der Waals surface area contributed by atoms with Gasteiger partial charge in [-0.25, -0.2) is 0 Å². The van der Waals surface area contributed by atoms with Gasteiger partial charge in [0.25, 0.3) is 0 Å². The number of nitrogens with zero attached hydrogens (tertiary/aromatic N) is 2. The quantitative estimate of drug-likeness (QED) is 0.176. The van der Waals surface area contributed by atoms with Crippen molar-refractivity contribution in [2.24, 2.45) is 17.6 Å². The Balaban J connectivity index is 2.99. The number of carbonyl (C=O) groups is 7. The predicted molar refractivity (Wildman–Crippen MR) is 161 cm³/mol. The second-order valence-electron chi connectivity index (χ2n) is 12.4. The lowest BCUT2D eigenvalue weighted by Gasteiger charge is -2.34. The van der Waals surface area contributed by atoms with E-state index in [9.17, 15) is 33.6 Å². The average molecular weight is 609 g/mol. The van der Waals surface area contributed by atoms with Gasteiger partial charge in [0.1, 0.15) is 23.9 Å². The lowest BCUT2D eigenvalue weighted by atomic mass is 10.0. The van der Waals surface area contributed by atoms with Crippen LogP contribution >= 0.6 is 0 Å². The molecule has 5 N–H and O–H groups in total. The van der Waals surface area contributed by atoms with E-state index in [-0.39, 0.29) is 36.9 Å². The fourth-order valence-electron chi connectivity index (χ4n) is 5.07. The highest BCUT2D eigenvalue weighted by atomic mass is 16.2. The number of Topliss-reactive ketones (excluding diaryl/α,β-unsaturated/α-hetero) is 1. The number of rotatable bonds is 18. The van der Waals surface area contributed by atoms with E-state index in [1.54, 1.807) is 13.8 Å². The van der Waals surface area contributed by atoms with Crippen LogP contribution in [0.5, 0.6) is 0 Å². The SMILES string of the molecule is CC(=O)CCC(C(=O)NCC(=O)N1CCCC1C(N)=O)N(C(=O)CNC(=O)C(CC(C)C)NC(=O)CCC(C)C)C(C)C. The first-order valence-electron chi connectivity index (χ1n) is 15.3. The Morgan fingerprint density at radius 2 is 1.49 bits per heavy atom. The molecule has 1 fully saturated rings. The van der Waals surface area contributed by atoms with Gasteiger partial charge in [0.2, 0.25) is 35.4 Å². The molecule has 0 spiro atoms. The van der Waals surface area contributed by atoms with Crippen molar-refractivity contribution in [3.8, 4) is 0 Å². The van der Waals surface area contributed by atoms with Crippen molar-refractivity contribution in [2.75, 3.05) is 19.6 Å². The summed E-state index contributed by atoms with van der Waals surface area (Å²) >= 11 is 0. The van der Waals surface area contributed by atoms with Gasteiger partial charge in [-0.2, -0.15) is 0 Å². The summed E-state index contributed by atoms with van der Waals surface area (Å²) in [6, 6.07) is -3.12. The lowest BCUT2D eigenvalue weighted by molar-refractivity contribution is -0.144. The van der Waals surface area contributed by atoms with Crippen LogP contribution in [-0.2, 0) is 33.6 Å². The Kier molecular flexibility index (Phi) is 15.9. The molecule has 0 bridgehead atoms. The van der Waals surface area contributed by atoms with E-state index in [0.29, 0.717) is 38.1 Å². The monoisotopic (exact) mass is 608 g/mol. The molecule has 0 radical (unpaired) electrons. The molecule has 3 unspecified atom stereocenters. The minimum atomic E-state index is -1.09. The van der Waals surface area contributed by atoms with Crippen molar-refractivity contribution in [1.29, 1.82) is 0 Å². The molecule has 244 valence electrons. The van der Waals surface area contributed by atoms with Crippen molar-refractivity contribution in [3.63, 3.8) is 0 Å². The van der Waals surface area contributed by atoms with Crippen LogP contribution in [0, 0.1) is 11.8 Å². The molecule has 1 aliphatic rings. The highest BCUT2D eigenvalue weighted by Gasteiger charge is 2.35. The molecule has 13 heteroatoms. The van der Waals surface area contributed by atoms with Crippen LogP contribution in [0.25, 0.3) is 0 Å². The van der Waals surface area contributed by atoms with Gasteiger partial charge < -0.3 is 36.3 Å². The molecule has 0 aliphatic carbocycles. The Bertz CT molecular complexity index is 1010. The van der Waals surface area contributed by atoms with Gasteiger partial charge >= 0.3 is 0 Å². The molecule has 13 nitrogen and oxygen atoms in total. The van der Waals surface area contributed by atoms with E-state index in [1.165, 1.54) is 16.7 Å². The maximum absolute atomic E-state index is 13.4. The van der Waals surface area contributed by atoms with Crippen molar-refractivity contribution >= 4 is 41.2 Å². The largest absolute Gasteiger partial charge is 0.368 e. The van der Waals surface area contributed by atoms with Gasteiger partial charge in [0.05, 0.1) is 13.1 Å². The van der Waals surface area contributed by atoms with E-state index in [0.717, 1.165) is 0 Å². The Morgan fingerprint density at radius 1 is 0.860 bits per heavy atom. The topological polar surface area (TPSA) is 188 Å². The van der Waals surface area contributed by atoms with Gasteiger partial charge in [-0.05, 0) is 64.7 Å². The number of ketones is 1. The van der Waals surface area contributed by atoms with Crippen LogP contribution < -0.4 is 21.7 Å². The number of nitrogens with two attached hydrogens (primary N) is 1. The zero-order valence-corrected chi connectivity index (χ0v) is 26.9. The van der Waals surface area contributed by atoms with E-state index < -0.39 is 66.8 Å². The lowest BCUT2D eigenvalue weighted by Crippen LogP contribution is -2.57. The van der Waals surface area contributed by atoms with Crippen molar-refractivity contribution in [2.45, 2.75) is 118 Å². The van der Waals surface area contributed by atoms with Gasteiger partial charge in [0.15, 0.2) is 0 Å². The zero-order chi connectivity index (χ0) is 32.9. The third-order valence-corrected chi connectivity index (χ3v) is 7.29. The van der Waals surface area contributed by atoms with Gasteiger partial charge in [-0.3, -0.25) is 28.8 Å². The number of likely N-dealkylation sites (tertiary alicyclic amines) is 1. The van der Waals surface area contributed by atoms with Crippen LogP contribution in [0.3, 0.4) is 0 Å². The molecule has 1 heterocycles. The number of amides is 6. The minimum Gasteiger partial charge on any atom is -0.368 e. The van der Waals surface area contributed by atoms with Crippen molar-refractivity contribution < 1.29 is 33.6 Å². The minimum absolute atomic E-state index is 0.0166. The van der Waals surface area contributed by atoms with Crippen LogP contribution in [-0.4, -0.2) is 94.8 Å². The Morgan fingerprint density at radius 3 is 2.02 bits per heavy atom. The summed E-state index contributed by atoms with van der Waals surface area (Å²) in [7, 11) is 0. The fraction of sp³-hybridized carbons (Fsp3) is 0.767. The molecule has 1 aliphatic heterocycles. The third-order valence-electron chi connectivity index (χ3n) is 7.29. The first-order valence-corrected chi connectivity index (χ1v) is 15.3. The zero-order valence-electron chi connectivity index (χ0n) is 26.9. The summed E-state index contributed by atoms with van der Waals surface area (Å²) in [6.07, 6.45) is 2.46. The molecule has 3 atom stereocenters. The second-order valence-corrected chi connectivity index (χ2v) is 12.4. The molecule has 0 aromatic carbocycles. The summed E-state index contributed by atoms with van der Waals surface area (Å²) in [5.41, 5.74) is 5.40. The molecule has 6 amide bonds. The van der Waals surface area contributed by atoms with Gasteiger partial charge in [-0.15, -0.1) is 0 Å². The Labute approximate surface area is 255 Å². The second kappa shape index (κ2) is 18.2. The number of hydrogen-bond acceptors (Lipinski definition) is 7. The number of carbonyl (C=O) groups excluding carboxylic acids is 7. The summed E-state index contributed by atoms with van der Waals surface area (Å²) in [5, 5.41) is 7.93. The number of hydrogen-bond donors (Lipinski definition) is 4. The van der Waals surface area contributed by atoms with Crippen molar-refractivity contribution in [1.82, 2.24) is 25.8 Å². The highest BCUT2D eigenvalue weighted by molar-refractivity contribution is 5.94. The fourth-order valence-corrected chi connectivity index (χ4v) is 5.07. The normalized spacial score (nSPS) is 16.1. The van der Waals surface area contributed by atoms with Gasteiger partial charge in [0, 0.05) is 25.4 Å². The molecule has 0 aromatic rings. The molecule has 0 saturated carbocycles. The first-order chi connectivity index (χ1) is 20.0. The van der Waals surface area contributed by atoms with E-state index in [4.69, 9.17) is 5.73 Å². The molecule has 1 saturated heterocycles. The predicted octanol–water partition coefficient (Wildman–Crippen LogP) is 0.637. The van der Waals surface area contributed by atoms with Gasteiger partial charge in [-0.1, -0.05) is 27.7 Å². The molecule has 1 rings (SSSR count). The maximum Gasteiger partial charge on any atom is 0.243 e. The standard InChI is InChI=1S/C30H52N6O7/c1-18(2)10-13-25(38)34-22(15-19(3)4)29(42)32-17-27(40)36(20(5)6)24(12-11-21(7)37)30(43)33-16-26(39)35-14-8-9-23(35)28(31)41/h18-20,22-24H,8-17H2,1-7H3,(H2,31,41)(H,32,42)(H,33,43)(H,34,38). The van der Waals surface area contributed by atoms with Crippen LogP contribution in [0.1, 0.15) is 93.4 Å². The summed E-state index contributed by atoms with van der Waals surface area (Å²) in [5.74, 6) is -2.75. The smallest absolute Gasteiger partial charge is 0.243 e. The first kappa shape index (κ1) is 37.5. The number of nitrogens with one attached hydrogen (secondary N) is 3. The highest BCUT2D eigenvalue weighted by Crippen LogP contribution is 2.17.